The largest absolute Gasteiger partial charge is 0.372 e. The van der Waals surface area contributed by atoms with Crippen molar-refractivity contribution in [3.05, 3.63) is 33.8 Å². The SMILES string of the molecule is Clc1cccc(COC2CCNC2)c1Cl. The smallest absolute Gasteiger partial charge is 0.0736 e. The van der Waals surface area contributed by atoms with Crippen molar-refractivity contribution in [3.63, 3.8) is 0 Å². The van der Waals surface area contributed by atoms with Crippen molar-refractivity contribution < 1.29 is 4.74 Å². The number of rotatable bonds is 3. The third-order valence-corrected chi connectivity index (χ3v) is 3.38. The highest BCUT2D eigenvalue weighted by atomic mass is 35.5. The van der Waals surface area contributed by atoms with Crippen molar-refractivity contribution in [3.8, 4) is 0 Å². The minimum absolute atomic E-state index is 0.306. The minimum Gasteiger partial charge on any atom is -0.372 e. The van der Waals surface area contributed by atoms with Crippen molar-refractivity contribution in [2.24, 2.45) is 0 Å². The van der Waals surface area contributed by atoms with E-state index in [0.717, 1.165) is 25.1 Å². The lowest BCUT2D eigenvalue weighted by molar-refractivity contribution is 0.0543. The number of nitrogens with one attached hydrogen (secondary N) is 1. The van der Waals surface area contributed by atoms with Crippen LogP contribution in [0.1, 0.15) is 12.0 Å². The zero-order valence-electron chi connectivity index (χ0n) is 8.30. The van der Waals surface area contributed by atoms with Gasteiger partial charge in [0.25, 0.3) is 0 Å². The van der Waals surface area contributed by atoms with Crippen molar-refractivity contribution in [1.29, 1.82) is 0 Å². The molecular weight excluding hydrogens is 233 g/mol. The monoisotopic (exact) mass is 245 g/mol. The fraction of sp³-hybridized carbons (Fsp3) is 0.455. The van der Waals surface area contributed by atoms with Crippen LogP contribution in [0, 0.1) is 0 Å². The van der Waals surface area contributed by atoms with E-state index in [1.807, 2.05) is 12.1 Å². The van der Waals surface area contributed by atoms with E-state index in [2.05, 4.69) is 5.32 Å². The summed E-state index contributed by atoms with van der Waals surface area (Å²) in [7, 11) is 0. The third kappa shape index (κ3) is 2.85. The Hall–Kier alpha value is -0.280. The number of halogens is 2. The minimum atomic E-state index is 0.306. The molecule has 1 aliphatic rings. The molecule has 0 aromatic heterocycles. The topological polar surface area (TPSA) is 21.3 Å². The van der Waals surface area contributed by atoms with Crippen LogP contribution in [-0.2, 0) is 11.3 Å². The van der Waals surface area contributed by atoms with Gasteiger partial charge in [-0.15, -0.1) is 0 Å². The molecule has 1 aliphatic heterocycles. The van der Waals surface area contributed by atoms with Crippen molar-refractivity contribution in [2.45, 2.75) is 19.1 Å². The summed E-state index contributed by atoms with van der Waals surface area (Å²) >= 11 is 12.0. The first kappa shape index (κ1) is 11.2. The van der Waals surface area contributed by atoms with Crippen LogP contribution in [0.25, 0.3) is 0 Å². The molecule has 0 radical (unpaired) electrons. The summed E-state index contributed by atoms with van der Waals surface area (Å²) in [6.07, 6.45) is 1.37. The van der Waals surface area contributed by atoms with E-state index in [-0.39, 0.29) is 0 Å². The lowest BCUT2D eigenvalue weighted by Gasteiger charge is -2.11. The fourth-order valence-electron chi connectivity index (χ4n) is 1.64. The summed E-state index contributed by atoms with van der Waals surface area (Å²) in [6, 6.07) is 5.61. The van der Waals surface area contributed by atoms with E-state index in [1.165, 1.54) is 0 Å². The fourth-order valence-corrected chi connectivity index (χ4v) is 2.01. The number of hydrogen-bond acceptors (Lipinski definition) is 2. The van der Waals surface area contributed by atoms with Gasteiger partial charge in [-0.3, -0.25) is 0 Å². The molecule has 1 heterocycles. The molecule has 0 amide bonds. The normalized spacial score (nSPS) is 20.8. The van der Waals surface area contributed by atoms with Crippen LogP contribution in [0.5, 0.6) is 0 Å². The van der Waals surface area contributed by atoms with Gasteiger partial charge >= 0.3 is 0 Å². The second kappa shape index (κ2) is 5.17. The molecule has 0 bridgehead atoms. The second-order valence-corrected chi connectivity index (χ2v) is 4.42. The van der Waals surface area contributed by atoms with Gasteiger partial charge in [0.05, 0.1) is 22.8 Å². The number of ether oxygens (including phenoxy) is 1. The highest BCUT2D eigenvalue weighted by Gasteiger charge is 2.15. The molecule has 1 N–H and O–H groups in total. The van der Waals surface area contributed by atoms with Crippen LogP contribution in [0.2, 0.25) is 10.0 Å². The van der Waals surface area contributed by atoms with E-state index in [4.69, 9.17) is 27.9 Å². The molecule has 1 saturated heterocycles. The third-order valence-electron chi connectivity index (χ3n) is 2.52. The Bertz CT molecular complexity index is 337. The van der Waals surface area contributed by atoms with Gasteiger partial charge < -0.3 is 10.1 Å². The first-order chi connectivity index (χ1) is 7.27. The first-order valence-corrected chi connectivity index (χ1v) is 5.78. The second-order valence-electron chi connectivity index (χ2n) is 3.64. The predicted octanol–water partition coefficient (Wildman–Crippen LogP) is 2.87. The molecule has 82 valence electrons. The quantitative estimate of drug-likeness (QED) is 0.885. The highest BCUT2D eigenvalue weighted by Crippen LogP contribution is 2.26. The molecular formula is C11H13Cl2NO. The summed E-state index contributed by atoms with van der Waals surface area (Å²) in [5, 5.41) is 4.44. The molecule has 0 aliphatic carbocycles. The summed E-state index contributed by atoms with van der Waals surface area (Å²) < 4.78 is 5.72. The molecule has 2 nitrogen and oxygen atoms in total. The Kier molecular flexibility index (Phi) is 3.87. The molecule has 1 atom stereocenters. The van der Waals surface area contributed by atoms with E-state index >= 15 is 0 Å². The number of benzene rings is 1. The van der Waals surface area contributed by atoms with E-state index in [1.54, 1.807) is 6.07 Å². The molecule has 1 unspecified atom stereocenters. The van der Waals surface area contributed by atoms with E-state index < -0.39 is 0 Å². The lowest BCUT2D eigenvalue weighted by atomic mass is 10.2. The average Bonchev–Trinajstić information content (AvgIpc) is 2.73. The van der Waals surface area contributed by atoms with Crippen molar-refractivity contribution in [2.75, 3.05) is 13.1 Å². The van der Waals surface area contributed by atoms with Crippen LogP contribution in [0.15, 0.2) is 18.2 Å². The molecule has 0 spiro atoms. The number of hydrogen-bond donors (Lipinski definition) is 1. The first-order valence-electron chi connectivity index (χ1n) is 5.02. The van der Waals surface area contributed by atoms with Crippen LogP contribution in [0.4, 0.5) is 0 Å². The molecule has 1 fully saturated rings. The standard InChI is InChI=1S/C11H13Cl2NO/c12-10-3-1-2-8(11(10)13)7-15-9-4-5-14-6-9/h1-3,9,14H,4-7H2. The Morgan fingerprint density at radius 3 is 3.00 bits per heavy atom. The van der Waals surface area contributed by atoms with Gasteiger partial charge in [-0.2, -0.15) is 0 Å². The van der Waals surface area contributed by atoms with Gasteiger partial charge in [0, 0.05) is 6.54 Å². The van der Waals surface area contributed by atoms with Crippen molar-refractivity contribution >= 4 is 23.2 Å². The Morgan fingerprint density at radius 2 is 2.27 bits per heavy atom. The predicted molar refractivity (Wildman–Crippen MR) is 62.5 cm³/mol. The van der Waals surface area contributed by atoms with Crippen LogP contribution in [0.3, 0.4) is 0 Å². The molecule has 1 aromatic rings. The van der Waals surface area contributed by atoms with Gasteiger partial charge in [0.2, 0.25) is 0 Å². The maximum absolute atomic E-state index is 6.05. The van der Waals surface area contributed by atoms with Crippen LogP contribution in [-0.4, -0.2) is 19.2 Å². The summed E-state index contributed by atoms with van der Waals surface area (Å²) in [5.74, 6) is 0. The van der Waals surface area contributed by atoms with Gasteiger partial charge in [-0.05, 0) is 24.6 Å². The molecule has 15 heavy (non-hydrogen) atoms. The lowest BCUT2D eigenvalue weighted by Crippen LogP contribution is -2.16. The molecule has 4 heteroatoms. The van der Waals surface area contributed by atoms with Crippen LogP contribution >= 0.6 is 23.2 Å². The maximum atomic E-state index is 6.05. The highest BCUT2D eigenvalue weighted by molar-refractivity contribution is 6.42. The maximum Gasteiger partial charge on any atom is 0.0736 e. The Labute approximate surface area is 99.5 Å². The molecule has 1 aromatic carbocycles. The van der Waals surface area contributed by atoms with E-state index in [9.17, 15) is 0 Å². The van der Waals surface area contributed by atoms with E-state index in [0.29, 0.717) is 22.8 Å². The summed E-state index contributed by atoms with van der Waals surface area (Å²) in [6.45, 7) is 2.50. The van der Waals surface area contributed by atoms with Gasteiger partial charge in [-0.25, -0.2) is 0 Å². The Morgan fingerprint density at radius 1 is 1.40 bits per heavy atom. The molecule has 0 saturated carbocycles. The summed E-state index contributed by atoms with van der Waals surface area (Å²) in [5.41, 5.74) is 0.955. The Balaban J connectivity index is 1.95. The zero-order chi connectivity index (χ0) is 10.7. The van der Waals surface area contributed by atoms with Gasteiger partial charge in [-0.1, -0.05) is 35.3 Å². The average molecular weight is 246 g/mol. The molecule has 2 rings (SSSR count). The summed E-state index contributed by atoms with van der Waals surface area (Å²) in [4.78, 5) is 0. The van der Waals surface area contributed by atoms with Crippen molar-refractivity contribution in [1.82, 2.24) is 5.32 Å². The van der Waals surface area contributed by atoms with Gasteiger partial charge in [0.15, 0.2) is 0 Å². The van der Waals surface area contributed by atoms with Gasteiger partial charge in [0.1, 0.15) is 0 Å². The zero-order valence-corrected chi connectivity index (χ0v) is 9.81. The van der Waals surface area contributed by atoms with Crippen LogP contribution < -0.4 is 5.32 Å².